The summed E-state index contributed by atoms with van der Waals surface area (Å²) in [6.45, 7) is 9.68. The quantitative estimate of drug-likeness (QED) is 0.854. The van der Waals surface area contributed by atoms with Crippen molar-refractivity contribution < 1.29 is 0 Å². The van der Waals surface area contributed by atoms with Crippen LogP contribution in [0.3, 0.4) is 0 Å². The molecule has 1 saturated heterocycles. The van der Waals surface area contributed by atoms with E-state index in [1.165, 1.54) is 0 Å². The number of hydrogen-bond acceptors (Lipinski definition) is 3. The van der Waals surface area contributed by atoms with Gasteiger partial charge in [-0.15, -0.1) is 0 Å². The summed E-state index contributed by atoms with van der Waals surface area (Å²) in [5, 5.41) is 4.26. The van der Waals surface area contributed by atoms with Gasteiger partial charge < -0.3 is 5.32 Å². The minimum Gasteiger partial charge on any atom is -0.375 e. The fraction of sp³-hybridized carbons (Fsp3) is 0.250. The van der Waals surface area contributed by atoms with Crippen molar-refractivity contribution in [1.29, 1.82) is 0 Å². The molecular weight excluding hydrogens is 257 g/mol. The normalized spacial score (nSPS) is 16.0. The van der Waals surface area contributed by atoms with Gasteiger partial charge in [-0.3, -0.25) is 9.89 Å². The van der Waals surface area contributed by atoms with Gasteiger partial charge in [-0.2, -0.15) is 0 Å². The first kappa shape index (κ1) is 12.4. The second kappa shape index (κ2) is 5.08. The Morgan fingerprint density at radius 2 is 2.18 bits per heavy atom. The average molecular weight is 270 g/mol. The second-order valence-corrected chi connectivity index (χ2v) is 4.73. The third-order valence-corrected chi connectivity index (χ3v) is 3.53. The molecule has 5 heteroatoms. The van der Waals surface area contributed by atoms with Crippen LogP contribution in [-0.4, -0.2) is 24.8 Å². The van der Waals surface area contributed by atoms with Crippen LogP contribution in [0.15, 0.2) is 29.4 Å². The van der Waals surface area contributed by atoms with Crippen LogP contribution in [0.1, 0.15) is 5.56 Å². The molecule has 0 radical (unpaired) electrons. The lowest BCUT2D eigenvalue weighted by atomic mass is 10.1. The zero-order chi connectivity index (χ0) is 12.4. The van der Waals surface area contributed by atoms with E-state index in [2.05, 4.69) is 28.5 Å². The first-order valence-electron chi connectivity index (χ1n) is 5.19. The van der Waals surface area contributed by atoms with Gasteiger partial charge in [0.25, 0.3) is 0 Å². The fourth-order valence-electron chi connectivity index (χ4n) is 1.82. The third kappa shape index (κ3) is 2.63. The van der Waals surface area contributed by atoms with E-state index in [1.807, 2.05) is 6.07 Å². The first-order valence-corrected chi connectivity index (χ1v) is 5.95. The molecule has 90 valence electrons. The standard InChI is InChI=1S/C12H13Cl2N3/c1-8-5-17(7-16-8)6-9-11(15-2)4-3-10(13)12(9)14/h3-4,16H,1-2,5-7H2. The summed E-state index contributed by atoms with van der Waals surface area (Å²) < 4.78 is 0. The summed E-state index contributed by atoms with van der Waals surface area (Å²) in [5.74, 6) is 0. The van der Waals surface area contributed by atoms with Crippen LogP contribution in [0.25, 0.3) is 0 Å². The van der Waals surface area contributed by atoms with Crippen LogP contribution in [0, 0.1) is 0 Å². The Morgan fingerprint density at radius 3 is 2.76 bits per heavy atom. The van der Waals surface area contributed by atoms with Crippen LogP contribution >= 0.6 is 23.2 Å². The Balaban J connectivity index is 2.27. The molecule has 0 saturated carbocycles. The van der Waals surface area contributed by atoms with Gasteiger partial charge >= 0.3 is 0 Å². The molecule has 0 aromatic heterocycles. The lowest BCUT2D eigenvalue weighted by molar-refractivity contribution is 0.330. The largest absolute Gasteiger partial charge is 0.375 e. The Hall–Kier alpha value is -1.03. The number of halogens is 2. The van der Waals surface area contributed by atoms with E-state index >= 15 is 0 Å². The van der Waals surface area contributed by atoms with Gasteiger partial charge in [0.15, 0.2) is 0 Å². The number of nitrogens with zero attached hydrogens (tertiary/aromatic N) is 2. The van der Waals surface area contributed by atoms with Crippen molar-refractivity contribution in [2.24, 2.45) is 4.99 Å². The number of hydrogen-bond donors (Lipinski definition) is 1. The van der Waals surface area contributed by atoms with Crippen molar-refractivity contribution in [3.63, 3.8) is 0 Å². The van der Waals surface area contributed by atoms with E-state index in [-0.39, 0.29) is 0 Å². The van der Waals surface area contributed by atoms with Crippen molar-refractivity contribution >= 4 is 35.6 Å². The molecule has 0 spiro atoms. The van der Waals surface area contributed by atoms with Gasteiger partial charge in [0.1, 0.15) is 0 Å². The van der Waals surface area contributed by atoms with E-state index < -0.39 is 0 Å². The van der Waals surface area contributed by atoms with E-state index in [9.17, 15) is 0 Å². The van der Waals surface area contributed by atoms with E-state index in [4.69, 9.17) is 23.2 Å². The van der Waals surface area contributed by atoms with Gasteiger partial charge in [-0.05, 0) is 18.9 Å². The maximum atomic E-state index is 6.20. The molecule has 1 aliphatic heterocycles. The molecule has 1 fully saturated rings. The highest BCUT2D eigenvalue weighted by atomic mass is 35.5. The van der Waals surface area contributed by atoms with Crippen molar-refractivity contribution in [3.8, 4) is 0 Å². The smallest absolute Gasteiger partial charge is 0.0683 e. The molecule has 0 atom stereocenters. The molecule has 1 aliphatic rings. The van der Waals surface area contributed by atoms with Crippen LogP contribution < -0.4 is 5.32 Å². The van der Waals surface area contributed by atoms with Crippen molar-refractivity contribution in [2.75, 3.05) is 13.2 Å². The molecule has 2 rings (SSSR count). The van der Waals surface area contributed by atoms with E-state index in [1.54, 1.807) is 6.07 Å². The highest BCUT2D eigenvalue weighted by molar-refractivity contribution is 6.42. The highest BCUT2D eigenvalue weighted by Gasteiger charge is 2.18. The predicted octanol–water partition coefficient (Wildman–Crippen LogP) is 3.20. The molecular formula is C12H13Cl2N3. The van der Waals surface area contributed by atoms with Crippen LogP contribution in [0.4, 0.5) is 5.69 Å². The topological polar surface area (TPSA) is 27.6 Å². The van der Waals surface area contributed by atoms with Crippen LogP contribution in [0.2, 0.25) is 10.0 Å². The molecule has 3 nitrogen and oxygen atoms in total. The van der Waals surface area contributed by atoms with Gasteiger partial charge in [-0.25, -0.2) is 0 Å². The highest BCUT2D eigenvalue weighted by Crippen LogP contribution is 2.34. The predicted molar refractivity (Wildman–Crippen MR) is 73.2 cm³/mol. The van der Waals surface area contributed by atoms with E-state index in [0.717, 1.165) is 30.2 Å². The maximum absolute atomic E-state index is 6.20. The molecule has 1 aromatic rings. The molecule has 0 bridgehead atoms. The van der Waals surface area contributed by atoms with Gasteiger partial charge in [-0.1, -0.05) is 29.8 Å². The second-order valence-electron chi connectivity index (χ2n) is 3.94. The number of aliphatic imine (C=N–C) groups is 1. The van der Waals surface area contributed by atoms with Crippen molar-refractivity contribution in [2.45, 2.75) is 6.54 Å². The third-order valence-electron chi connectivity index (χ3n) is 2.69. The summed E-state index contributed by atoms with van der Waals surface area (Å²) in [6.07, 6.45) is 0. The SMILES string of the molecule is C=Nc1ccc(Cl)c(Cl)c1CN1CNC(=C)C1. The van der Waals surface area contributed by atoms with Crippen molar-refractivity contribution in [3.05, 3.63) is 40.0 Å². The Morgan fingerprint density at radius 1 is 1.41 bits per heavy atom. The van der Waals surface area contributed by atoms with Crippen molar-refractivity contribution in [1.82, 2.24) is 10.2 Å². The van der Waals surface area contributed by atoms with Gasteiger partial charge in [0, 0.05) is 24.4 Å². The molecule has 1 heterocycles. The Labute approximate surface area is 111 Å². The lowest BCUT2D eigenvalue weighted by Crippen LogP contribution is -2.21. The molecule has 0 aliphatic carbocycles. The summed E-state index contributed by atoms with van der Waals surface area (Å²) in [5.41, 5.74) is 2.69. The van der Waals surface area contributed by atoms with Gasteiger partial charge in [0.2, 0.25) is 0 Å². The number of nitrogens with one attached hydrogen (secondary N) is 1. The monoisotopic (exact) mass is 269 g/mol. The summed E-state index contributed by atoms with van der Waals surface area (Å²) in [7, 11) is 0. The zero-order valence-electron chi connectivity index (χ0n) is 9.34. The minimum atomic E-state index is 0.542. The molecule has 1 N–H and O–H groups in total. The molecule has 0 unspecified atom stereocenters. The Kier molecular flexibility index (Phi) is 3.72. The average Bonchev–Trinajstić information content (AvgIpc) is 2.71. The Bertz CT molecular complexity index is 471. The summed E-state index contributed by atoms with van der Waals surface area (Å²) >= 11 is 12.2. The maximum Gasteiger partial charge on any atom is 0.0683 e. The lowest BCUT2D eigenvalue weighted by Gasteiger charge is -2.16. The first-order chi connectivity index (χ1) is 8.11. The van der Waals surface area contributed by atoms with Crippen LogP contribution in [-0.2, 0) is 6.54 Å². The zero-order valence-corrected chi connectivity index (χ0v) is 10.9. The van der Waals surface area contributed by atoms with E-state index in [0.29, 0.717) is 16.6 Å². The number of benzene rings is 1. The summed E-state index contributed by atoms with van der Waals surface area (Å²) in [6, 6.07) is 3.56. The fourth-order valence-corrected chi connectivity index (χ4v) is 2.22. The number of rotatable bonds is 3. The van der Waals surface area contributed by atoms with Gasteiger partial charge in [0.05, 0.1) is 22.4 Å². The minimum absolute atomic E-state index is 0.542. The molecule has 1 aromatic carbocycles. The molecule has 17 heavy (non-hydrogen) atoms. The van der Waals surface area contributed by atoms with Crippen LogP contribution in [0.5, 0.6) is 0 Å². The summed E-state index contributed by atoms with van der Waals surface area (Å²) in [4.78, 5) is 6.15. The molecule has 0 amide bonds.